The number of halogens is 3. The molecule has 0 unspecified atom stereocenters. The van der Waals surface area contributed by atoms with Gasteiger partial charge in [0.05, 0.1) is 0 Å². The van der Waals surface area contributed by atoms with Gasteiger partial charge in [-0.2, -0.15) is 13.2 Å². The summed E-state index contributed by atoms with van der Waals surface area (Å²) in [6.45, 7) is -0.982. The number of hydrogen-bond acceptors (Lipinski definition) is 5. The summed E-state index contributed by atoms with van der Waals surface area (Å²) < 4.78 is 36.3. The molecule has 0 spiro atoms. The minimum Gasteiger partial charge on any atom is -0.478 e. The molecule has 0 aliphatic rings. The maximum Gasteiger partial charge on any atom is 0.408 e. The van der Waals surface area contributed by atoms with Crippen LogP contribution in [0.4, 0.5) is 19.0 Å². The molecule has 9 nitrogen and oxygen atoms in total. The molecule has 1 aromatic rings. The first-order valence-electron chi connectivity index (χ1n) is 8.30. The number of rotatable bonds is 10. The van der Waals surface area contributed by atoms with Gasteiger partial charge in [0, 0.05) is 31.3 Å². The van der Waals surface area contributed by atoms with Crippen molar-refractivity contribution in [3.8, 4) is 0 Å². The topological polar surface area (TPSA) is 143 Å². The van der Waals surface area contributed by atoms with Gasteiger partial charge in [-0.25, -0.2) is 19.8 Å². The number of aliphatic imine (C=N–C) groups is 1. The van der Waals surface area contributed by atoms with E-state index >= 15 is 0 Å². The van der Waals surface area contributed by atoms with Crippen molar-refractivity contribution in [2.24, 2.45) is 10.7 Å². The van der Waals surface area contributed by atoms with Gasteiger partial charge in [-0.3, -0.25) is 4.79 Å². The van der Waals surface area contributed by atoms with Gasteiger partial charge in [0.25, 0.3) is 0 Å². The van der Waals surface area contributed by atoms with Gasteiger partial charge in [-0.15, -0.1) is 0 Å². The number of nitrogens with zero attached hydrogens (tertiary/aromatic N) is 3. The van der Waals surface area contributed by atoms with E-state index in [1.165, 1.54) is 12.3 Å². The van der Waals surface area contributed by atoms with E-state index in [1.54, 1.807) is 0 Å². The lowest BCUT2D eigenvalue weighted by atomic mass is 10.2. The van der Waals surface area contributed by atoms with Gasteiger partial charge in [0.15, 0.2) is 5.96 Å². The molecule has 154 valence electrons. The van der Waals surface area contributed by atoms with E-state index in [4.69, 9.17) is 10.8 Å². The molecule has 0 aliphatic carbocycles. The predicted molar refractivity (Wildman–Crippen MR) is 95.5 cm³/mol. The minimum absolute atomic E-state index is 0.242. The highest BCUT2D eigenvalue weighted by atomic mass is 19.4. The molecular formula is C16H21F3N6O3. The second-order valence-corrected chi connectivity index (χ2v) is 5.57. The third-order valence-electron chi connectivity index (χ3n) is 3.14. The fourth-order valence-corrected chi connectivity index (χ4v) is 1.94. The number of aliphatic carboxylic acids is 1. The van der Waals surface area contributed by atoms with Crippen molar-refractivity contribution in [3.63, 3.8) is 0 Å². The summed E-state index contributed by atoms with van der Waals surface area (Å²) in [5.41, 5.74) is 5.39. The first kappa shape index (κ1) is 22.9. The largest absolute Gasteiger partial charge is 0.478 e. The van der Waals surface area contributed by atoms with Gasteiger partial charge in [0.1, 0.15) is 18.2 Å². The normalized spacial score (nSPS) is 12.2. The smallest absolute Gasteiger partial charge is 0.408 e. The van der Waals surface area contributed by atoms with Gasteiger partial charge in [-0.05, 0) is 18.9 Å². The van der Waals surface area contributed by atoms with Crippen LogP contribution in [-0.4, -0.2) is 52.2 Å². The summed E-state index contributed by atoms with van der Waals surface area (Å²) >= 11 is 0. The maximum atomic E-state index is 12.1. The zero-order valence-electron chi connectivity index (χ0n) is 14.9. The number of aromatic nitrogens is 2. The highest BCUT2D eigenvalue weighted by Crippen LogP contribution is 2.14. The molecule has 1 aromatic heterocycles. The van der Waals surface area contributed by atoms with E-state index in [0.717, 1.165) is 25.0 Å². The Morgan fingerprint density at radius 1 is 1.25 bits per heavy atom. The average molecular weight is 402 g/mol. The van der Waals surface area contributed by atoms with Crippen LogP contribution in [0.5, 0.6) is 0 Å². The van der Waals surface area contributed by atoms with Crippen molar-refractivity contribution in [3.05, 3.63) is 30.2 Å². The molecular weight excluding hydrogens is 381 g/mol. The Bertz CT molecular complexity index is 722. The number of aryl methyl sites for hydroxylation is 1. The highest BCUT2D eigenvalue weighted by Gasteiger charge is 2.26. The summed E-state index contributed by atoms with van der Waals surface area (Å²) in [6, 6.07) is 1.46. The van der Waals surface area contributed by atoms with Gasteiger partial charge < -0.3 is 21.5 Å². The third kappa shape index (κ3) is 11.4. The molecule has 1 amide bonds. The SMILES string of the molecule is NC(=NCC(F)(F)F)Nc1ccnc(CCCCCNC(=O)/C=C\C(=O)O)n1. The van der Waals surface area contributed by atoms with Gasteiger partial charge >= 0.3 is 12.1 Å². The Morgan fingerprint density at radius 2 is 2.00 bits per heavy atom. The van der Waals surface area contributed by atoms with E-state index in [-0.39, 0.29) is 5.82 Å². The van der Waals surface area contributed by atoms with Crippen molar-refractivity contribution in [1.29, 1.82) is 0 Å². The number of unbranched alkanes of at least 4 members (excludes halogenated alkanes) is 2. The summed E-state index contributed by atoms with van der Waals surface area (Å²) in [4.78, 5) is 32.9. The third-order valence-corrected chi connectivity index (χ3v) is 3.14. The number of nitrogens with one attached hydrogen (secondary N) is 2. The van der Waals surface area contributed by atoms with Crippen LogP contribution in [-0.2, 0) is 16.0 Å². The lowest BCUT2D eigenvalue weighted by molar-refractivity contribution is -0.131. The Balaban J connectivity index is 2.32. The summed E-state index contributed by atoms with van der Waals surface area (Å²) in [5.74, 6) is -1.34. The Hall–Kier alpha value is -3.18. The number of anilines is 1. The van der Waals surface area contributed by atoms with Crippen LogP contribution in [0, 0.1) is 0 Å². The quantitative estimate of drug-likeness (QED) is 0.200. The predicted octanol–water partition coefficient (Wildman–Crippen LogP) is 1.24. The van der Waals surface area contributed by atoms with Crippen LogP contribution < -0.4 is 16.4 Å². The standard InChI is InChI=1S/C16H21F3N6O3/c17-16(18,19)10-23-15(20)25-12-7-9-21-11(24-12)4-2-1-3-8-22-13(26)5-6-14(27)28/h5-7,9H,1-4,8,10H2,(H,22,26)(H,27,28)(H3,20,21,23,24,25)/b6-5-. The molecule has 0 saturated heterocycles. The van der Waals surface area contributed by atoms with Crippen molar-refractivity contribution < 1.29 is 27.9 Å². The number of carboxylic acid groups (broad SMARTS) is 1. The molecule has 0 radical (unpaired) electrons. The molecule has 5 N–H and O–H groups in total. The number of carbonyl (C=O) groups is 2. The maximum absolute atomic E-state index is 12.1. The van der Waals surface area contributed by atoms with Crippen molar-refractivity contribution in [1.82, 2.24) is 15.3 Å². The fraction of sp³-hybridized carbons (Fsp3) is 0.438. The lowest BCUT2D eigenvalue weighted by Crippen LogP contribution is -2.26. The zero-order valence-corrected chi connectivity index (χ0v) is 14.9. The van der Waals surface area contributed by atoms with Gasteiger partial charge in [-0.1, -0.05) is 6.42 Å². The van der Waals surface area contributed by atoms with Gasteiger partial charge in [0.2, 0.25) is 5.91 Å². The lowest BCUT2D eigenvalue weighted by Gasteiger charge is -2.07. The molecule has 0 atom stereocenters. The summed E-state index contributed by atoms with van der Waals surface area (Å²) in [6.07, 6.45) is 1.42. The number of alkyl halides is 3. The average Bonchev–Trinajstić information content (AvgIpc) is 2.61. The molecule has 0 aliphatic heterocycles. The molecule has 1 rings (SSSR count). The molecule has 28 heavy (non-hydrogen) atoms. The summed E-state index contributed by atoms with van der Waals surface area (Å²) in [7, 11) is 0. The van der Waals surface area contributed by atoms with E-state index in [9.17, 15) is 22.8 Å². The Morgan fingerprint density at radius 3 is 2.68 bits per heavy atom. The number of nitrogens with two attached hydrogens (primary N) is 1. The molecule has 0 fully saturated rings. The van der Waals surface area contributed by atoms with Crippen molar-refractivity contribution in [2.75, 3.05) is 18.4 Å². The monoisotopic (exact) mass is 402 g/mol. The number of guanidine groups is 1. The van der Waals surface area contributed by atoms with Crippen LogP contribution in [0.3, 0.4) is 0 Å². The van der Waals surface area contributed by atoms with Crippen LogP contribution in [0.2, 0.25) is 0 Å². The van der Waals surface area contributed by atoms with E-state index < -0.39 is 30.6 Å². The Kier molecular flexibility index (Phi) is 9.40. The number of amides is 1. The minimum atomic E-state index is -4.44. The second kappa shape index (κ2) is 11.5. The van der Waals surface area contributed by atoms with Crippen LogP contribution in [0.25, 0.3) is 0 Å². The van der Waals surface area contributed by atoms with E-state index in [1.807, 2.05) is 0 Å². The van der Waals surface area contributed by atoms with E-state index in [2.05, 4.69) is 25.6 Å². The fourth-order valence-electron chi connectivity index (χ4n) is 1.94. The van der Waals surface area contributed by atoms with Crippen molar-refractivity contribution in [2.45, 2.75) is 31.9 Å². The number of hydrogen-bond donors (Lipinski definition) is 4. The highest BCUT2D eigenvalue weighted by molar-refractivity contribution is 5.93. The second-order valence-electron chi connectivity index (χ2n) is 5.57. The molecule has 12 heteroatoms. The van der Waals surface area contributed by atoms with Crippen LogP contribution in [0.15, 0.2) is 29.4 Å². The van der Waals surface area contributed by atoms with Crippen LogP contribution in [0.1, 0.15) is 25.1 Å². The first-order chi connectivity index (χ1) is 13.2. The van der Waals surface area contributed by atoms with E-state index in [0.29, 0.717) is 25.2 Å². The summed E-state index contributed by atoms with van der Waals surface area (Å²) in [5, 5.41) is 13.4. The molecule has 0 bridgehead atoms. The molecule has 0 aromatic carbocycles. The number of carbonyl (C=O) groups excluding carboxylic acids is 1. The van der Waals surface area contributed by atoms with Crippen LogP contribution >= 0.6 is 0 Å². The zero-order chi connectivity index (χ0) is 21.0. The first-order valence-corrected chi connectivity index (χ1v) is 8.30. The molecule has 0 saturated carbocycles. The van der Waals surface area contributed by atoms with Crippen molar-refractivity contribution >= 4 is 23.7 Å². The Labute approximate surface area is 159 Å². The number of carboxylic acids is 1. The molecule has 1 heterocycles.